The van der Waals surface area contributed by atoms with E-state index in [0.717, 1.165) is 17.9 Å². The first-order valence-electron chi connectivity index (χ1n) is 5.53. The third kappa shape index (κ3) is 1.74. The second-order valence-electron chi connectivity index (χ2n) is 4.59. The van der Waals surface area contributed by atoms with Gasteiger partial charge in [0.1, 0.15) is 0 Å². The number of terminal acetylenes is 1. The van der Waals surface area contributed by atoms with Gasteiger partial charge in [0, 0.05) is 6.04 Å². The second kappa shape index (κ2) is 3.72. The second-order valence-corrected chi connectivity index (χ2v) is 4.59. The van der Waals surface area contributed by atoms with Crippen LogP contribution < -0.4 is 5.32 Å². The van der Waals surface area contributed by atoms with Crippen molar-refractivity contribution in [3.8, 4) is 12.3 Å². The first kappa shape index (κ1) is 9.09. The lowest BCUT2D eigenvalue weighted by atomic mass is 9.64. The summed E-state index contributed by atoms with van der Waals surface area (Å²) in [7, 11) is 0. The molecule has 2 fully saturated rings. The van der Waals surface area contributed by atoms with E-state index in [1.807, 2.05) is 0 Å². The molecule has 0 saturated heterocycles. The van der Waals surface area contributed by atoms with Crippen LogP contribution in [0.2, 0.25) is 0 Å². The fourth-order valence-electron chi connectivity index (χ4n) is 2.53. The summed E-state index contributed by atoms with van der Waals surface area (Å²) in [4.78, 5) is 0. The molecular weight excluding hydrogens is 158 g/mol. The molecule has 2 aliphatic rings. The number of nitrogens with one attached hydrogen (secondary N) is 1. The summed E-state index contributed by atoms with van der Waals surface area (Å²) in [5, 5.41) is 3.53. The van der Waals surface area contributed by atoms with E-state index in [2.05, 4.69) is 18.2 Å². The Bertz CT molecular complexity index is 212. The number of hydrogen-bond donors (Lipinski definition) is 1. The molecule has 0 spiro atoms. The Labute approximate surface area is 81.3 Å². The van der Waals surface area contributed by atoms with E-state index in [4.69, 9.17) is 6.42 Å². The van der Waals surface area contributed by atoms with E-state index in [1.165, 1.54) is 32.1 Å². The molecule has 2 aliphatic carbocycles. The third-order valence-corrected chi connectivity index (χ3v) is 3.80. The SMILES string of the molecule is C#CC(C)NC1CCC1C1CCC1. The maximum atomic E-state index is 5.35. The predicted octanol–water partition coefficient (Wildman–Crippen LogP) is 2.18. The van der Waals surface area contributed by atoms with Gasteiger partial charge in [-0.15, -0.1) is 6.42 Å². The molecule has 3 atom stereocenters. The topological polar surface area (TPSA) is 12.0 Å². The van der Waals surface area contributed by atoms with Crippen molar-refractivity contribution in [3.63, 3.8) is 0 Å². The van der Waals surface area contributed by atoms with Crippen LogP contribution >= 0.6 is 0 Å². The van der Waals surface area contributed by atoms with Crippen LogP contribution in [-0.4, -0.2) is 12.1 Å². The molecule has 0 aliphatic heterocycles. The standard InChI is InChI=1S/C12H19N/c1-3-9(2)13-12-8-7-11(12)10-5-4-6-10/h1,9-13H,4-8H2,2H3. The molecule has 0 aromatic carbocycles. The van der Waals surface area contributed by atoms with E-state index in [-0.39, 0.29) is 6.04 Å². The Hall–Kier alpha value is -0.480. The molecule has 1 nitrogen and oxygen atoms in total. The van der Waals surface area contributed by atoms with Gasteiger partial charge in [-0.2, -0.15) is 0 Å². The fraction of sp³-hybridized carbons (Fsp3) is 0.833. The van der Waals surface area contributed by atoms with Gasteiger partial charge in [0.2, 0.25) is 0 Å². The van der Waals surface area contributed by atoms with E-state index < -0.39 is 0 Å². The highest BCUT2D eigenvalue weighted by Crippen LogP contribution is 2.43. The maximum Gasteiger partial charge on any atom is 0.0660 e. The highest BCUT2D eigenvalue weighted by molar-refractivity contribution is 5.01. The Morgan fingerprint density at radius 1 is 1.31 bits per heavy atom. The van der Waals surface area contributed by atoms with Crippen LogP contribution in [0.1, 0.15) is 39.0 Å². The zero-order valence-electron chi connectivity index (χ0n) is 8.42. The molecule has 2 saturated carbocycles. The molecule has 1 heteroatoms. The minimum absolute atomic E-state index is 0.257. The minimum Gasteiger partial charge on any atom is -0.301 e. The van der Waals surface area contributed by atoms with Crippen LogP contribution in [0.4, 0.5) is 0 Å². The molecule has 0 amide bonds. The summed E-state index contributed by atoms with van der Waals surface area (Å²) in [6.07, 6.45) is 12.5. The van der Waals surface area contributed by atoms with Gasteiger partial charge in [-0.3, -0.25) is 0 Å². The predicted molar refractivity (Wildman–Crippen MR) is 55.3 cm³/mol. The van der Waals surface area contributed by atoms with Crippen molar-refractivity contribution in [2.75, 3.05) is 0 Å². The molecule has 2 rings (SSSR count). The maximum absolute atomic E-state index is 5.35. The number of rotatable bonds is 3. The summed E-state index contributed by atoms with van der Waals surface area (Å²) in [5.74, 6) is 4.72. The Morgan fingerprint density at radius 3 is 2.46 bits per heavy atom. The van der Waals surface area contributed by atoms with Crippen LogP contribution in [0.15, 0.2) is 0 Å². The molecule has 3 unspecified atom stereocenters. The van der Waals surface area contributed by atoms with Gasteiger partial charge < -0.3 is 5.32 Å². The number of hydrogen-bond acceptors (Lipinski definition) is 1. The lowest BCUT2D eigenvalue weighted by molar-refractivity contribution is 0.0799. The Kier molecular flexibility index (Phi) is 2.60. The quantitative estimate of drug-likeness (QED) is 0.651. The molecule has 0 radical (unpaired) electrons. The molecule has 0 aromatic heterocycles. The van der Waals surface area contributed by atoms with Crippen molar-refractivity contribution in [3.05, 3.63) is 0 Å². The smallest absolute Gasteiger partial charge is 0.0660 e. The summed E-state index contributed by atoms with van der Waals surface area (Å²) in [6, 6.07) is 0.990. The highest BCUT2D eigenvalue weighted by Gasteiger charge is 2.39. The average Bonchev–Trinajstić information content (AvgIpc) is 2.04. The summed E-state index contributed by atoms with van der Waals surface area (Å²) in [6.45, 7) is 2.08. The third-order valence-electron chi connectivity index (χ3n) is 3.80. The van der Waals surface area contributed by atoms with Crippen molar-refractivity contribution in [1.82, 2.24) is 5.32 Å². The van der Waals surface area contributed by atoms with Gasteiger partial charge in [0.15, 0.2) is 0 Å². The van der Waals surface area contributed by atoms with Gasteiger partial charge in [-0.25, -0.2) is 0 Å². The van der Waals surface area contributed by atoms with Crippen molar-refractivity contribution in [2.24, 2.45) is 11.8 Å². The highest BCUT2D eigenvalue weighted by atomic mass is 15.0. The van der Waals surface area contributed by atoms with Crippen LogP contribution in [0.5, 0.6) is 0 Å². The van der Waals surface area contributed by atoms with E-state index >= 15 is 0 Å². The largest absolute Gasteiger partial charge is 0.301 e. The van der Waals surface area contributed by atoms with E-state index in [1.54, 1.807) is 0 Å². The molecule has 1 N–H and O–H groups in total. The normalized spacial score (nSPS) is 35.7. The zero-order chi connectivity index (χ0) is 9.26. The van der Waals surface area contributed by atoms with Crippen molar-refractivity contribution in [2.45, 2.75) is 51.1 Å². The first-order chi connectivity index (χ1) is 6.31. The minimum atomic E-state index is 0.257. The van der Waals surface area contributed by atoms with Crippen molar-refractivity contribution >= 4 is 0 Å². The van der Waals surface area contributed by atoms with Crippen LogP contribution in [-0.2, 0) is 0 Å². The van der Waals surface area contributed by atoms with Crippen LogP contribution in [0, 0.1) is 24.2 Å². The molecule has 0 aromatic rings. The van der Waals surface area contributed by atoms with Gasteiger partial charge in [-0.1, -0.05) is 25.2 Å². The lowest BCUT2D eigenvalue weighted by Crippen LogP contribution is -2.51. The summed E-state index contributed by atoms with van der Waals surface area (Å²) >= 11 is 0. The van der Waals surface area contributed by atoms with E-state index in [9.17, 15) is 0 Å². The van der Waals surface area contributed by atoms with Crippen LogP contribution in [0.3, 0.4) is 0 Å². The van der Waals surface area contributed by atoms with Crippen molar-refractivity contribution < 1.29 is 0 Å². The fourth-order valence-corrected chi connectivity index (χ4v) is 2.53. The molecular formula is C12H19N. The lowest BCUT2D eigenvalue weighted by Gasteiger charge is -2.46. The zero-order valence-corrected chi connectivity index (χ0v) is 8.42. The molecule has 0 heterocycles. The molecule has 0 bridgehead atoms. The van der Waals surface area contributed by atoms with Gasteiger partial charge >= 0.3 is 0 Å². The monoisotopic (exact) mass is 177 g/mol. The van der Waals surface area contributed by atoms with E-state index in [0.29, 0.717) is 0 Å². The molecule has 13 heavy (non-hydrogen) atoms. The Morgan fingerprint density at radius 2 is 2.08 bits per heavy atom. The van der Waals surface area contributed by atoms with Gasteiger partial charge in [-0.05, 0) is 31.6 Å². The average molecular weight is 177 g/mol. The molecule has 72 valence electrons. The van der Waals surface area contributed by atoms with Gasteiger partial charge in [0.25, 0.3) is 0 Å². The Balaban J connectivity index is 1.77. The summed E-state index contributed by atoms with van der Waals surface area (Å²) < 4.78 is 0. The van der Waals surface area contributed by atoms with Gasteiger partial charge in [0.05, 0.1) is 6.04 Å². The van der Waals surface area contributed by atoms with Crippen molar-refractivity contribution in [1.29, 1.82) is 0 Å². The first-order valence-corrected chi connectivity index (χ1v) is 5.53. The van der Waals surface area contributed by atoms with Crippen LogP contribution in [0.25, 0.3) is 0 Å². The summed E-state index contributed by atoms with van der Waals surface area (Å²) in [5.41, 5.74) is 0.